The van der Waals surface area contributed by atoms with Gasteiger partial charge in [-0.3, -0.25) is 0 Å². The van der Waals surface area contributed by atoms with Gasteiger partial charge in [-0.1, -0.05) is 18.3 Å². The number of halogens is 1. The lowest BCUT2D eigenvalue weighted by Gasteiger charge is -1.96. The number of nitrogens with zero attached hydrogens (tertiary/aromatic N) is 2. The Morgan fingerprint density at radius 1 is 1.47 bits per heavy atom. The van der Waals surface area contributed by atoms with Gasteiger partial charge < -0.3 is 9.73 Å². The van der Waals surface area contributed by atoms with Crippen LogP contribution < -0.4 is 5.32 Å². The summed E-state index contributed by atoms with van der Waals surface area (Å²) in [6, 6.07) is 3.89. The van der Waals surface area contributed by atoms with Gasteiger partial charge in [-0.15, -0.1) is 10.2 Å². The number of aryl methyl sites for hydroxylation is 1. The van der Waals surface area contributed by atoms with E-state index in [0.717, 1.165) is 26.1 Å². The molecule has 0 saturated heterocycles. The molecule has 0 amide bonds. The van der Waals surface area contributed by atoms with Crippen LogP contribution in [-0.2, 0) is 13.0 Å². The van der Waals surface area contributed by atoms with Crippen molar-refractivity contribution in [2.45, 2.75) is 19.9 Å². The van der Waals surface area contributed by atoms with E-state index in [-0.39, 0.29) is 0 Å². The fourth-order valence-electron chi connectivity index (χ4n) is 1.08. The molecule has 0 aliphatic carbocycles. The zero-order valence-corrected chi connectivity index (χ0v) is 11.1. The second kappa shape index (κ2) is 4.93. The Labute approximate surface area is 105 Å². The molecule has 0 atom stereocenters. The van der Waals surface area contributed by atoms with Crippen LogP contribution in [0.3, 0.4) is 0 Å². The van der Waals surface area contributed by atoms with Crippen LogP contribution in [0.2, 0.25) is 0 Å². The Kier molecular flexibility index (Phi) is 3.57. The molecular formula is C9H10IN3OS. The summed E-state index contributed by atoms with van der Waals surface area (Å²) < 4.78 is 6.32. The Morgan fingerprint density at radius 2 is 2.33 bits per heavy atom. The molecule has 15 heavy (non-hydrogen) atoms. The van der Waals surface area contributed by atoms with E-state index < -0.39 is 0 Å². The quantitative estimate of drug-likeness (QED) is 0.873. The Morgan fingerprint density at radius 3 is 2.93 bits per heavy atom. The first-order valence-corrected chi connectivity index (χ1v) is 6.48. The van der Waals surface area contributed by atoms with Gasteiger partial charge in [-0.25, -0.2) is 0 Å². The second-order valence-corrected chi connectivity index (χ2v) is 5.04. The van der Waals surface area contributed by atoms with Gasteiger partial charge in [-0.2, -0.15) is 0 Å². The molecule has 0 aromatic carbocycles. The Balaban J connectivity index is 1.93. The number of rotatable bonds is 4. The summed E-state index contributed by atoms with van der Waals surface area (Å²) in [6.07, 6.45) is 0.929. The number of hydrogen-bond acceptors (Lipinski definition) is 5. The van der Waals surface area contributed by atoms with E-state index in [1.54, 1.807) is 11.3 Å². The molecule has 0 aliphatic rings. The van der Waals surface area contributed by atoms with Crippen molar-refractivity contribution < 1.29 is 4.42 Å². The van der Waals surface area contributed by atoms with Gasteiger partial charge in [0.1, 0.15) is 10.8 Å². The Hall–Kier alpha value is -0.630. The van der Waals surface area contributed by atoms with E-state index in [4.69, 9.17) is 4.42 Å². The first-order chi connectivity index (χ1) is 7.28. The fourth-order valence-corrected chi connectivity index (χ4v) is 2.22. The van der Waals surface area contributed by atoms with Gasteiger partial charge in [0.05, 0.1) is 6.54 Å². The van der Waals surface area contributed by atoms with E-state index in [2.05, 4.69) is 45.0 Å². The largest absolute Gasteiger partial charge is 0.454 e. The lowest BCUT2D eigenvalue weighted by atomic mass is 10.4. The lowest BCUT2D eigenvalue weighted by Crippen LogP contribution is -1.97. The molecular weight excluding hydrogens is 325 g/mol. The van der Waals surface area contributed by atoms with Crippen LogP contribution in [0.1, 0.15) is 17.7 Å². The van der Waals surface area contributed by atoms with Crippen molar-refractivity contribution in [2.75, 3.05) is 5.32 Å². The van der Waals surface area contributed by atoms with Gasteiger partial charge in [0.25, 0.3) is 0 Å². The topological polar surface area (TPSA) is 51.0 Å². The molecule has 0 fully saturated rings. The van der Waals surface area contributed by atoms with Crippen molar-refractivity contribution >= 4 is 39.1 Å². The molecule has 4 nitrogen and oxygen atoms in total. The van der Waals surface area contributed by atoms with Crippen LogP contribution in [0, 0.1) is 3.77 Å². The average Bonchev–Trinajstić information content (AvgIpc) is 2.83. The third kappa shape index (κ3) is 2.91. The molecule has 6 heteroatoms. The minimum atomic E-state index is 0.654. The Bertz CT molecular complexity index is 440. The first kappa shape index (κ1) is 10.9. The van der Waals surface area contributed by atoms with Crippen molar-refractivity contribution in [1.29, 1.82) is 0 Å². The summed E-state index contributed by atoms with van der Waals surface area (Å²) in [5.74, 6) is 0.910. The summed E-state index contributed by atoms with van der Waals surface area (Å²) in [6.45, 7) is 2.72. The number of nitrogens with one attached hydrogen (secondary N) is 1. The minimum Gasteiger partial charge on any atom is -0.454 e. The summed E-state index contributed by atoms with van der Waals surface area (Å²) in [5, 5.41) is 13.1. The van der Waals surface area contributed by atoms with E-state index in [0.29, 0.717) is 6.54 Å². The minimum absolute atomic E-state index is 0.654. The number of furan rings is 1. The normalized spacial score (nSPS) is 10.5. The third-order valence-electron chi connectivity index (χ3n) is 1.81. The predicted molar refractivity (Wildman–Crippen MR) is 68.0 cm³/mol. The summed E-state index contributed by atoms with van der Waals surface area (Å²) in [5.41, 5.74) is 0. The fraction of sp³-hybridized carbons (Fsp3) is 0.333. The monoisotopic (exact) mass is 335 g/mol. The number of anilines is 1. The first-order valence-electron chi connectivity index (χ1n) is 4.58. The van der Waals surface area contributed by atoms with Gasteiger partial charge in [0.15, 0.2) is 3.77 Å². The molecule has 1 N–H and O–H groups in total. The van der Waals surface area contributed by atoms with Crippen molar-refractivity contribution in [3.63, 3.8) is 0 Å². The molecule has 2 heterocycles. The summed E-state index contributed by atoms with van der Waals surface area (Å²) >= 11 is 3.73. The van der Waals surface area contributed by atoms with E-state index in [9.17, 15) is 0 Å². The highest BCUT2D eigenvalue weighted by molar-refractivity contribution is 14.1. The van der Waals surface area contributed by atoms with E-state index >= 15 is 0 Å². The van der Waals surface area contributed by atoms with Crippen molar-refractivity contribution in [3.8, 4) is 0 Å². The van der Waals surface area contributed by atoms with E-state index in [1.807, 2.05) is 12.1 Å². The van der Waals surface area contributed by atoms with Crippen molar-refractivity contribution in [2.24, 2.45) is 0 Å². The van der Waals surface area contributed by atoms with Crippen molar-refractivity contribution in [1.82, 2.24) is 10.2 Å². The standard InChI is InChI=1S/C9H10IN3OS/c1-2-8-12-13-9(15-8)11-5-6-3-4-7(10)14-6/h3-4H,2,5H2,1H3,(H,11,13). The molecule has 0 aliphatic heterocycles. The molecule has 2 aromatic rings. The van der Waals surface area contributed by atoms with Crippen LogP contribution in [0.5, 0.6) is 0 Å². The van der Waals surface area contributed by atoms with Gasteiger partial charge in [0, 0.05) is 0 Å². The molecule has 0 spiro atoms. The summed E-state index contributed by atoms with van der Waals surface area (Å²) in [7, 11) is 0. The number of hydrogen-bond donors (Lipinski definition) is 1. The molecule has 2 rings (SSSR count). The van der Waals surface area contributed by atoms with Crippen LogP contribution in [-0.4, -0.2) is 10.2 Å². The maximum Gasteiger partial charge on any atom is 0.206 e. The molecule has 2 aromatic heterocycles. The highest BCUT2D eigenvalue weighted by Crippen LogP contribution is 2.17. The second-order valence-electron chi connectivity index (χ2n) is 2.91. The van der Waals surface area contributed by atoms with Crippen LogP contribution in [0.15, 0.2) is 16.5 Å². The van der Waals surface area contributed by atoms with Crippen LogP contribution in [0.25, 0.3) is 0 Å². The maximum atomic E-state index is 5.42. The highest BCUT2D eigenvalue weighted by atomic mass is 127. The van der Waals surface area contributed by atoms with Gasteiger partial charge >= 0.3 is 0 Å². The molecule has 0 radical (unpaired) electrons. The maximum absolute atomic E-state index is 5.42. The number of aromatic nitrogens is 2. The zero-order valence-electron chi connectivity index (χ0n) is 8.16. The smallest absolute Gasteiger partial charge is 0.206 e. The van der Waals surface area contributed by atoms with Crippen molar-refractivity contribution in [3.05, 3.63) is 26.7 Å². The average molecular weight is 335 g/mol. The molecule has 0 bridgehead atoms. The molecule has 80 valence electrons. The van der Waals surface area contributed by atoms with Gasteiger partial charge in [0.2, 0.25) is 5.13 Å². The third-order valence-corrected chi connectivity index (χ3v) is 3.42. The SMILES string of the molecule is CCc1nnc(NCc2ccc(I)o2)s1. The molecule has 0 unspecified atom stereocenters. The summed E-state index contributed by atoms with van der Waals surface area (Å²) in [4.78, 5) is 0. The molecule has 0 saturated carbocycles. The van der Waals surface area contributed by atoms with Gasteiger partial charge in [-0.05, 0) is 41.1 Å². The van der Waals surface area contributed by atoms with Crippen LogP contribution in [0.4, 0.5) is 5.13 Å². The zero-order chi connectivity index (χ0) is 10.7. The highest BCUT2D eigenvalue weighted by Gasteiger charge is 2.03. The van der Waals surface area contributed by atoms with E-state index in [1.165, 1.54) is 0 Å². The lowest BCUT2D eigenvalue weighted by molar-refractivity contribution is 0.492. The van der Waals surface area contributed by atoms with Crippen LogP contribution >= 0.6 is 33.9 Å². The predicted octanol–water partition coefficient (Wildman–Crippen LogP) is 2.91.